The lowest BCUT2D eigenvalue weighted by Crippen LogP contribution is -2.40. The van der Waals surface area contributed by atoms with Crippen molar-refractivity contribution in [3.05, 3.63) is 59.2 Å². The van der Waals surface area contributed by atoms with Crippen molar-refractivity contribution in [1.82, 2.24) is 14.9 Å². The van der Waals surface area contributed by atoms with Crippen LogP contribution in [0.3, 0.4) is 0 Å². The van der Waals surface area contributed by atoms with Gasteiger partial charge in [0, 0.05) is 42.9 Å². The summed E-state index contributed by atoms with van der Waals surface area (Å²) >= 11 is 0. The van der Waals surface area contributed by atoms with Gasteiger partial charge in [-0.2, -0.15) is 0 Å². The Morgan fingerprint density at radius 1 is 0.963 bits per heavy atom. The van der Waals surface area contributed by atoms with E-state index in [1.165, 1.54) is 43.4 Å². The van der Waals surface area contributed by atoms with Crippen molar-refractivity contribution >= 4 is 0 Å². The Labute approximate surface area is 158 Å². The van der Waals surface area contributed by atoms with Gasteiger partial charge in [-0.25, -0.2) is 18.7 Å². The Hall–Kier alpha value is -1.92. The average molecular weight is 372 g/mol. The topological polar surface area (TPSA) is 55.0 Å². The van der Waals surface area contributed by atoms with Crippen LogP contribution < -0.4 is 5.73 Å². The number of fused-ring (bicyclic) bond motifs is 1. The number of hydrogen-bond acceptors (Lipinski definition) is 4. The van der Waals surface area contributed by atoms with Crippen LogP contribution in [-0.4, -0.2) is 27.0 Å². The molecule has 0 unspecified atom stereocenters. The Bertz CT molecular complexity index is 755. The maximum atomic E-state index is 11.9. The van der Waals surface area contributed by atoms with Gasteiger partial charge in [0.2, 0.25) is 0 Å². The van der Waals surface area contributed by atoms with E-state index >= 15 is 0 Å². The fourth-order valence-electron chi connectivity index (χ4n) is 3.95. The molecule has 0 radical (unpaired) electrons. The molecule has 0 amide bonds. The number of hydrogen-bond donors (Lipinski definition) is 1. The van der Waals surface area contributed by atoms with Crippen LogP contribution in [0.25, 0.3) is 0 Å². The fourth-order valence-corrected chi connectivity index (χ4v) is 3.95. The van der Waals surface area contributed by atoms with Crippen LogP contribution >= 0.6 is 0 Å². The molecular weight excluding hydrogens is 346 g/mol. The largest absolute Gasteiger partial charge is 0.328 e. The summed E-state index contributed by atoms with van der Waals surface area (Å²) in [6.45, 7) is 2.03. The molecule has 4 nitrogen and oxygen atoms in total. The number of halogens is 2. The van der Waals surface area contributed by atoms with Gasteiger partial charge in [-0.1, -0.05) is 6.42 Å². The van der Waals surface area contributed by atoms with E-state index < -0.39 is 11.6 Å². The zero-order chi connectivity index (χ0) is 18.8. The van der Waals surface area contributed by atoms with Crippen LogP contribution in [-0.2, 0) is 13.1 Å². The summed E-state index contributed by atoms with van der Waals surface area (Å²) in [5.74, 6) is 0.918. The van der Waals surface area contributed by atoms with E-state index in [1.807, 2.05) is 0 Å². The van der Waals surface area contributed by atoms with Crippen LogP contribution in [0.4, 0.5) is 8.78 Å². The first-order valence-corrected chi connectivity index (χ1v) is 9.84. The minimum absolute atomic E-state index is 0.399. The lowest BCUT2D eigenvalue weighted by molar-refractivity contribution is 0.146. The molecule has 2 heterocycles. The molecular formula is C21H26F2N4. The maximum absolute atomic E-state index is 11.9. The van der Waals surface area contributed by atoms with Crippen molar-refractivity contribution in [2.75, 3.05) is 0 Å². The van der Waals surface area contributed by atoms with Crippen molar-refractivity contribution in [2.45, 2.75) is 69.6 Å². The fraction of sp³-hybridized carbons (Fsp3) is 0.524. The standard InChI is InChI=1S/C15H22N4.C6H4F2/c16-12-2-1-3-13(6-12)19-8-11-7-17-15(10-4-5-10)18-14(11)9-19;7-5-1-2-6(8)4-3-5/h7,10,12-13H,1-6,8-9,16H2;1-4H/t12-,13+;/m1./s1. The highest BCUT2D eigenvalue weighted by molar-refractivity contribution is 5.24. The number of aromatic nitrogens is 2. The van der Waals surface area contributed by atoms with Crippen LogP contribution in [0, 0.1) is 11.6 Å². The Morgan fingerprint density at radius 2 is 1.67 bits per heavy atom. The lowest BCUT2D eigenvalue weighted by atomic mass is 9.91. The van der Waals surface area contributed by atoms with E-state index in [-0.39, 0.29) is 0 Å². The van der Waals surface area contributed by atoms with E-state index in [9.17, 15) is 8.78 Å². The molecule has 27 heavy (non-hydrogen) atoms. The molecule has 1 aromatic heterocycles. The predicted molar refractivity (Wildman–Crippen MR) is 99.8 cm³/mol. The maximum Gasteiger partial charge on any atom is 0.131 e. The minimum atomic E-state index is -0.411. The summed E-state index contributed by atoms with van der Waals surface area (Å²) in [6, 6.07) is 5.37. The van der Waals surface area contributed by atoms with Gasteiger partial charge in [0.05, 0.1) is 5.69 Å². The number of nitrogens with zero attached hydrogens (tertiary/aromatic N) is 3. The summed E-state index contributed by atoms with van der Waals surface area (Å²) in [6.07, 6.45) is 9.54. The third-order valence-electron chi connectivity index (χ3n) is 5.65. The molecule has 144 valence electrons. The molecule has 2 aromatic rings. The second-order valence-corrected chi connectivity index (χ2v) is 7.90. The van der Waals surface area contributed by atoms with Crippen molar-refractivity contribution in [2.24, 2.45) is 5.73 Å². The molecule has 0 saturated heterocycles. The van der Waals surface area contributed by atoms with Gasteiger partial charge in [0.1, 0.15) is 17.5 Å². The SMILES string of the molecule is Fc1ccc(F)cc1.N[C@@H]1CCC[C@H](N2Cc3cnc(C4CC4)nc3C2)C1. The normalized spacial score (nSPS) is 24.9. The van der Waals surface area contributed by atoms with Crippen LogP contribution in [0.2, 0.25) is 0 Å². The van der Waals surface area contributed by atoms with E-state index in [4.69, 9.17) is 10.7 Å². The van der Waals surface area contributed by atoms with Gasteiger partial charge in [-0.05, 0) is 56.4 Å². The minimum Gasteiger partial charge on any atom is -0.328 e. The summed E-state index contributed by atoms with van der Waals surface area (Å²) in [7, 11) is 0. The van der Waals surface area contributed by atoms with E-state index in [0.29, 0.717) is 18.0 Å². The van der Waals surface area contributed by atoms with Crippen LogP contribution in [0.5, 0.6) is 0 Å². The second-order valence-electron chi connectivity index (χ2n) is 7.90. The van der Waals surface area contributed by atoms with Gasteiger partial charge in [-0.15, -0.1) is 0 Å². The highest BCUT2D eigenvalue weighted by Gasteiger charge is 2.32. The van der Waals surface area contributed by atoms with Crippen LogP contribution in [0.15, 0.2) is 30.5 Å². The molecule has 2 fully saturated rings. The second kappa shape index (κ2) is 7.98. The predicted octanol–water partition coefficient (Wildman–Crippen LogP) is 3.90. The van der Waals surface area contributed by atoms with Gasteiger partial charge in [-0.3, -0.25) is 4.90 Å². The molecule has 0 bridgehead atoms. The van der Waals surface area contributed by atoms with E-state index in [1.54, 1.807) is 0 Å². The molecule has 1 aliphatic heterocycles. The quantitative estimate of drug-likeness (QED) is 0.869. The van der Waals surface area contributed by atoms with Gasteiger partial charge >= 0.3 is 0 Å². The highest BCUT2D eigenvalue weighted by Crippen LogP contribution is 2.39. The first-order valence-electron chi connectivity index (χ1n) is 9.84. The summed E-state index contributed by atoms with van der Waals surface area (Å²) in [5.41, 5.74) is 8.73. The smallest absolute Gasteiger partial charge is 0.131 e. The molecule has 3 aliphatic rings. The molecule has 2 atom stereocenters. The molecule has 0 spiro atoms. The zero-order valence-corrected chi connectivity index (χ0v) is 15.5. The van der Waals surface area contributed by atoms with Gasteiger partial charge < -0.3 is 5.73 Å². The van der Waals surface area contributed by atoms with Gasteiger partial charge in [0.15, 0.2) is 0 Å². The first-order chi connectivity index (χ1) is 13.1. The molecule has 6 heteroatoms. The summed E-state index contributed by atoms with van der Waals surface area (Å²) in [4.78, 5) is 11.9. The average Bonchev–Trinajstić information content (AvgIpc) is 3.43. The monoisotopic (exact) mass is 372 g/mol. The molecule has 1 aromatic carbocycles. The third kappa shape index (κ3) is 4.68. The molecule has 2 aliphatic carbocycles. The zero-order valence-electron chi connectivity index (χ0n) is 15.5. The number of nitrogens with two attached hydrogens (primary N) is 1. The Morgan fingerprint density at radius 3 is 2.30 bits per heavy atom. The number of rotatable bonds is 2. The molecule has 5 rings (SSSR count). The Balaban J connectivity index is 0.000000190. The summed E-state index contributed by atoms with van der Waals surface area (Å²) in [5, 5.41) is 0. The first kappa shape index (κ1) is 18.4. The Kier molecular flexibility index (Phi) is 5.45. The highest BCUT2D eigenvalue weighted by atomic mass is 19.1. The molecule has 2 saturated carbocycles. The van der Waals surface area contributed by atoms with Crippen molar-refractivity contribution in [1.29, 1.82) is 0 Å². The van der Waals surface area contributed by atoms with E-state index in [2.05, 4.69) is 16.1 Å². The number of benzene rings is 1. The van der Waals surface area contributed by atoms with Crippen LogP contribution in [0.1, 0.15) is 61.5 Å². The van der Waals surface area contributed by atoms with Gasteiger partial charge in [0.25, 0.3) is 0 Å². The third-order valence-corrected chi connectivity index (χ3v) is 5.65. The summed E-state index contributed by atoms with van der Waals surface area (Å²) < 4.78 is 23.8. The lowest BCUT2D eigenvalue weighted by Gasteiger charge is -2.33. The van der Waals surface area contributed by atoms with Crippen molar-refractivity contribution < 1.29 is 8.78 Å². The van der Waals surface area contributed by atoms with Crippen molar-refractivity contribution in [3.63, 3.8) is 0 Å². The van der Waals surface area contributed by atoms with Crippen molar-refractivity contribution in [3.8, 4) is 0 Å². The molecule has 2 N–H and O–H groups in total. The van der Waals surface area contributed by atoms with E-state index in [0.717, 1.165) is 49.6 Å².